The maximum atomic E-state index is 12.9. The van der Waals surface area contributed by atoms with E-state index in [0.29, 0.717) is 28.7 Å². The van der Waals surface area contributed by atoms with Crippen molar-refractivity contribution in [2.45, 2.75) is 18.9 Å². The average molecular weight is 406 g/mol. The van der Waals surface area contributed by atoms with Gasteiger partial charge in [-0.05, 0) is 11.1 Å². The number of nitro benzene ring substituents is 1. The van der Waals surface area contributed by atoms with Crippen molar-refractivity contribution in [1.29, 1.82) is 5.26 Å². The molecule has 1 saturated heterocycles. The van der Waals surface area contributed by atoms with E-state index in [-0.39, 0.29) is 18.0 Å². The summed E-state index contributed by atoms with van der Waals surface area (Å²) >= 11 is 1.47. The fraction of sp³-hybridized carbons (Fsp3) is 0.238. The van der Waals surface area contributed by atoms with Crippen LogP contribution in [0.25, 0.3) is 0 Å². The molecule has 2 aromatic rings. The van der Waals surface area contributed by atoms with Crippen LogP contribution in [0.2, 0.25) is 0 Å². The summed E-state index contributed by atoms with van der Waals surface area (Å²) in [4.78, 5) is 27.4. The van der Waals surface area contributed by atoms with Gasteiger partial charge in [0, 0.05) is 31.0 Å². The number of carbonyl (C=O) groups excluding carboxylic acids is 1. The van der Waals surface area contributed by atoms with Gasteiger partial charge in [0.15, 0.2) is 0 Å². The predicted molar refractivity (Wildman–Crippen MR) is 109 cm³/mol. The molecule has 2 aliphatic rings. The zero-order valence-electron chi connectivity index (χ0n) is 15.5. The van der Waals surface area contributed by atoms with E-state index in [1.165, 1.54) is 29.5 Å². The van der Waals surface area contributed by atoms with Crippen LogP contribution in [-0.4, -0.2) is 33.2 Å². The number of fused-ring (bicyclic) bond motifs is 1. The van der Waals surface area contributed by atoms with Gasteiger partial charge in [-0.2, -0.15) is 5.26 Å². The highest BCUT2D eigenvalue weighted by atomic mass is 32.2. The minimum absolute atomic E-state index is 0.0370. The molecule has 0 N–H and O–H groups in total. The largest absolute Gasteiger partial charge is 0.292 e. The van der Waals surface area contributed by atoms with Crippen molar-refractivity contribution in [3.63, 3.8) is 0 Å². The summed E-state index contributed by atoms with van der Waals surface area (Å²) < 4.78 is 0. The molecular weight excluding hydrogens is 388 g/mol. The third-order valence-electron chi connectivity index (χ3n) is 5.08. The number of nitrogens with zero attached hydrogens (tertiary/aromatic N) is 4. The minimum Gasteiger partial charge on any atom is -0.292 e. The van der Waals surface area contributed by atoms with Crippen molar-refractivity contribution < 1.29 is 9.72 Å². The number of benzene rings is 2. The van der Waals surface area contributed by atoms with Crippen LogP contribution in [0.1, 0.15) is 23.5 Å². The SMILES string of the molecule is N#CC1=C2SCN(Cc3ccccc3)CN2C(=O)C[C@@H]1c1cccc([N+](=O)[O-])c1. The molecule has 0 bridgehead atoms. The van der Waals surface area contributed by atoms with Crippen LogP contribution in [0.4, 0.5) is 5.69 Å². The van der Waals surface area contributed by atoms with Gasteiger partial charge < -0.3 is 0 Å². The van der Waals surface area contributed by atoms with Gasteiger partial charge in [0.25, 0.3) is 5.69 Å². The Labute approximate surface area is 172 Å². The van der Waals surface area contributed by atoms with Gasteiger partial charge in [-0.25, -0.2) is 0 Å². The van der Waals surface area contributed by atoms with Crippen LogP contribution in [0, 0.1) is 21.4 Å². The quantitative estimate of drug-likeness (QED) is 0.566. The Bertz CT molecular complexity index is 1030. The monoisotopic (exact) mass is 406 g/mol. The second kappa shape index (κ2) is 8.07. The molecule has 7 nitrogen and oxygen atoms in total. The molecule has 2 aliphatic heterocycles. The van der Waals surface area contributed by atoms with Gasteiger partial charge in [-0.1, -0.05) is 54.2 Å². The van der Waals surface area contributed by atoms with Crippen LogP contribution < -0.4 is 0 Å². The number of nitriles is 1. The highest BCUT2D eigenvalue weighted by molar-refractivity contribution is 8.03. The van der Waals surface area contributed by atoms with E-state index in [1.54, 1.807) is 17.0 Å². The van der Waals surface area contributed by atoms with E-state index >= 15 is 0 Å². The number of amides is 1. The Balaban J connectivity index is 1.61. The maximum absolute atomic E-state index is 12.9. The molecule has 0 spiro atoms. The van der Waals surface area contributed by atoms with Crippen molar-refractivity contribution in [3.05, 3.63) is 86.4 Å². The van der Waals surface area contributed by atoms with Gasteiger partial charge in [0.1, 0.15) is 0 Å². The second-order valence-electron chi connectivity index (χ2n) is 6.99. The molecule has 29 heavy (non-hydrogen) atoms. The fourth-order valence-electron chi connectivity index (χ4n) is 3.69. The molecule has 0 radical (unpaired) electrons. The molecule has 2 heterocycles. The van der Waals surface area contributed by atoms with Crippen LogP contribution in [0.3, 0.4) is 0 Å². The van der Waals surface area contributed by atoms with E-state index in [2.05, 4.69) is 11.0 Å². The van der Waals surface area contributed by atoms with Crippen LogP contribution >= 0.6 is 11.8 Å². The molecule has 1 amide bonds. The Kier molecular flexibility index (Phi) is 5.34. The van der Waals surface area contributed by atoms with Crippen molar-refractivity contribution >= 4 is 23.4 Å². The Morgan fingerprint density at radius 2 is 2.00 bits per heavy atom. The molecular formula is C21H18N4O3S. The number of hydrogen-bond acceptors (Lipinski definition) is 6. The molecule has 4 rings (SSSR count). The van der Waals surface area contributed by atoms with Crippen LogP contribution in [0.15, 0.2) is 65.2 Å². The van der Waals surface area contributed by atoms with Gasteiger partial charge in [-0.15, -0.1) is 0 Å². The second-order valence-corrected chi connectivity index (χ2v) is 7.92. The van der Waals surface area contributed by atoms with E-state index in [0.717, 1.165) is 6.54 Å². The number of carbonyl (C=O) groups is 1. The number of nitro groups is 1. The Morgan fingerprint density at radius 3 is 2.72 bits per heavy atom. The normalized spacial score (nSPS) is 19.6. The van der Waals surface area contributed by atoms with Crippen molar-refractivity contribution in [1.82, 2.24) is 9.80 Å². The van der Waals surface area contributed by atoms with Gasteiger partial charge >= 0.3 is 0 Å². The third-order valence-corrected chi connectivity index (χ3v) is 6.29. The van der Waals surface area contributed by atoms with Gasteiger partial charge in [-0.3, -0.25) is 24.7 Å². The molecule has 0 unspecified atom stereocenters. The number of allylic oxidation sites excluding steroid dienone is 1. The van der Waals surface area contributed by atoms with E-state index in [1.807, 2.05) is 30.3 Å². The fourth-order valence-corrected chi connectivity index (χ4v) is 4.83. The minimum atomic E-state index is -0.462. The molecule has 0 aromatic heterocycles. The lowest BCUT2D eigenvalue weighted by Gasteiger charge is -2.41. The zero-order chi connectivity index (χ0) is 20.4. The molecule has 1 atom stereocenters. The summed E-state index contributed by atoms with van der Waals surface area (Å²) in [6.45, 7) is 1.16. The molecule has 8 heteroatoms. The molecule has 0 saturated carbocycles. The number of rotatable bonds is 4. The summed E-state index contributed by atoms with van der Waals surface area (Å²) in [7, 11) is 0. The topological polar surface area (TPSA) is 90.5 Å². The standard InChI is InChI=1S/C21H18N4O3S/c22-11-19-18(16-7-4-8-17(9-16)25(27)28)10-20(26)24-13-23(14-29-21(19)24)12-15-5-2-1-3-6-15/h1-9,18H,10,12-14H2/t18-/m1/s1. The average Bonchev–Trinajstić information content (AvgIpc) is 2.74. The zero-order valence-corrected chi connectivity index (χ0v) is 16.3. The Morgan fingerprint density at radius 1 is 1.21 bits per heavy atom. The smallest absolute Gasteiger partial charge is 0.269 e. The van der Waals surface area contributed by atoms with Gasteiger partial charge in [0.2, 0.25) is 5.91 Å². The number of non-ortho nitro benzene ring substituents is 1. The van der Waals surface area contributed by atoms with Crippen molar-refractivity contribution in [3.8, 4) is 6.07 Å². The summed E-state index contributed by atoms with van der Waals surface area (Å²) in [5, 5.41) is 21.6. The summed E-state index contributed by atoms with van der Waals surface area (Å²) in [5.74, 6) is 0.147. The first-order valence-electron chi connectivity index (χ1n) is 9.15. The lowest BCUT2D eigenvalue weighted by molar-refractivity contribution is -0.384. The van der Waals surface area contributed by atoms with Crippen molar-refractivity contribution in [2.75, 3.05) is 12.5 Å². The first-order chi connectivity index (χ1) is 14.1. The molecule has 1 fully saturated rings. The summed E-state index contributed by atoms with van der Waals surface area (Å²) in [6, 6.07) is 18.5. The molecule has 2 aromatic carbocycles. The van der Waals surface area contributed by atoms with E-state index < -0.39 is 10.8 Å². The lowest BCUT2D eigenvalue weighted by atomic mass is 9.86. The van der Waals surface area contributed by atoms with Gasteiger partial charge in [0.05, 0.1) is 34.1 Å². The van der Waals surface area contributed by atoms with E-state index in [4.69, 9.17) is 0 Å². The first-order valence-corrected chi connectivity index (χ1v) is 10.1. The lowest BCUT2D eigenvalue weighted by Crippen LogP contribution is -2.46. The van der Waals surface area contributed by atoms with E-state index in [9.17, 15) is 20.2 Å². The molecule has 146 valence electrons. The third kappa shape index (κ3) is 3.88. The predicted octanol–water partition coefficient (Wildman–Crippen LogP) is 3.81. The van der Waals surface area contributed by atoms with Crippen LogP contribution in [-0.2, 0) is 11.3 Å². The molecule has 0 aliphatic carbocycles. The summed E-state index contributed by atoms with van der Waals surface area (Å²) in [6.07, 6.45) is 0.132. The maximum Gasteiger partial charge on any atom is 0.269 e. The number of thioether (sulfide) groups is 1. The first kappa shape index (κ1) is 19.2. The van der Waals surface area contributed by atoms with Crippen LogP contribution in [0.5, 0.6) is 0 Å². The highest BCUT2D eigenvalue weighted by Gasteiger charge is 2.38. The van der Waals surface area contributed by atoms with Crippen molar-refractivity contribution in [2.24, 2.45) is 0 Å². The summed E-state index contributed by atoms with van der Waals surface area (Å²) in [5.41, 5.74) is 2.27. The Hall–Kier alpha value is -3.15. The number of hydrogen-bond donors (Lipinski definition) is 0. The highest BCUT2D eigenvalue weighted by Crippen LogP contribution is 2.43.